The van der Waals surface area contributed by atoms with Gasteiger partial charge >= 0.3 is 0 Å². The van der Waals surface area contributed by atoms with Crippen molar-refractivity contribution in [3.05, 3.63) is 64.9 Å². The second kappa shape index (κ2) is 5.25. The summed E-state index contributed by atoms with van der Waals surface area (Å²) in [7, 11) is 0. The predicted molar refractivity (Wildman–Crippen MR) is 78.4 cm³/mol. The van der Waals surface area contributed by atoms with Gasteiger partial charge in [-0.3, -0.25) is 9.78 Å². The van der Waals surface area contributed by atoms with Crippen molar-refractivity contribution in [2.24, 2.45) is 0 Å². The van der Waals surface area contributed by atoms with Gasteiger partial charge in [0, 0.05) is 24.0 Å². The zero-order chi connectivity index (χ0) is 14.0. The van der Waals surface area contributed by atoms with Crippen LogP contribution in [0.3, 0.4) is 0 Å². The Hall–Kier alpha value is -1.87. The van der Waals surface area contributed by atoms with E-state index in [0.29, 0.717) is 11.6 Å². The van der Waals surface area contributed by atoms with Gasteiger partial charge in [0.15, 0.2) is 0 Å². The summed E-state index contributed by atoms with van der Waals surface area (Å²) in [6.07, 6.45) is 5.28. The predicted octanol–water partition coefficient (Wildman–Crippen LogP) is 3.08. The number of nitrogens with zero attached hydrogens (tertiary/aromatic N) is 1. The number of nitrogens with one attached hydrogen (secondary N) is 1. The third-order valence-electron chi connectivity index (χ3n) is 3.76. The van der Waals surface area contributed by atoms with Crippen LogP contribution in [0.15, 0.2) is 48.8 Å². The molecule has 1 N–H and O–H groups in total. The molecule has 0 spiro atoms. The topological polar surface area (TPSA) is 42.0 Å². The van der Waals surface area contributed by atoms with Crippen LogP contribution in [-0.2, 0) is 16.8 Å². The minimum absolute atomic E-state index is 0.0867. The summed E-state index contributed by atoms with van der Waals surface area (Å²) in [5, 5.41) is 3.70. The molecule has 1 aliphatic rings. The molecule has 3 nitrogen and oxygen atoms in total. The fraction of sp³-hybridized carbons (Fsp3) is 0.250. The largest absolute Gasteiger partial charge is 0.351 e. The lowest BCUT2D eigenvalue weighted by molar-refractivity contribution is -0.123. The Morgan fingerprint density at radius 3 is 2.60 bits per heavy atom. The van der Waals surface area contributed by atoms with E-state index in [4.69, 9.17) is 11.6 Å². The van der Waals surface area contributed by atoms with Crippen molar-refractivity contribution >= 4 is 17.5 Å². The number of pyridine rings is 1. The number of benzene rings is 1. The molecule has 3 rings (SSSR count). The lowest BCUT2D eigenvalue weighted by Crippen LogP contribution is -2.34. The minimum atomic E-state index is -0.354. The van der Waals surface area contributed by atoms with Gasteiger partial charge in [-0.25, -0.2) is 0 Å². The van der Waals surface area contributed by atoms with E-state index in [0.717, 1.165) is 24.0 Å². The van der Waals surface area contributed by atoms with Crippen molar-refractivity contribution in [3.63, 3.8) is 0 Å². The van der Waals surface area contributed by atoms with Gasteiger partial charge in [0.1, 0.15) is 0 Å². The molecule has 0 bridgehead atoms. The summed E-state index contributed by atoms with van der Waals surface area (Å²) in [6.45, 7) is 0.516. The van der Waals surface area contributed by atoms with Gasteiger partial charge in [0.25, 0.3) is 0 Å². The molecule has 1 aromatic carbocycles. The van der Waals surface area contributed by atoms with Crippen LogP contribution >= 0.6 is 11.6 Å². The third-order valence-corrected chi connectivity index (χ3v) is 4.01. The molecule has 0 atom stereocenters. The number of carbonyl (C=O) groups is 1. The summed E-state index contributed by atoms with van der Waals surface area (Å²) >= 11 is 5.90. The molecule has 1 saturated carbocycles. The Kier molecular flexibility index (Phi) is 3.45. The van der Waals surface area contributed by atoms with Gasteiger partial charge in [-0.1, -0.05) is 29.8 Å². The van der Waals surface area contributed by atoms with Crippen LogP contribution in [-0.4, -0.2) is 10.9 Å². The number of halogens is 1. The fourth-order valence-electron chi connectivity index (χ4n) is 2.39. The van der Waals surface area contributed by atoms with Crippen molar-refractivity contribution in [1.29, 1.82) is 0 Å². The first-order valence-corrected chi connectivity index (χ1v) is 7.02. The standard InChI is InChI=1S/C16H15ClN2O/c17-14-5-3-13(4-6-14)16(7-8-16)15(20)19-11-12-2-1-9-18-10-12/h1-6,9-10H,7-8,11H2,(H,19,20). The van der Waals surface area contributed by atoms with Crippen LogP contribution in [0, 0.1) is 0 Å². The van der Waals surface area contributed by atoms with Gasteiger partial charge < -0.3 is 5.32 Å². The van der Waals surface area contributed by atoms with E-state index in [-0.39, 0.29) is 11.3 Å². The summed E-state index contributed by atoms with van der Waals surface area (Å²) in [4.78, 5) is 16.5. The fourth-order valence-corrected chi connectivity index (χ4v) is 2.52. The molecule has 20 heavy (non-hydrogen) atoms. The average molecular weight is 287 g/mol. The first-order chi connectivity index (χ1) is 9.71. The van der Waals surface area contributed by atoms with E-state index in [9.17, 15) is 4.79 Å². The lowest BCUT2D eigenvalue weighted by Gasteiger charge is -2.15. The molecule has 0 unspecified atom stereocenters. The number of hydrogen-bond acceptors (Lipinski definition) is 2. The number of aromatic nitrogens is 1. The molecule has 1 heterocycles. The Bertz CT molecular complexity index is 606. The molecular formula is C16H15ClN2O. The van der Waals surface area contributed by atoms with Crippen molar-refractivity contribution in [2.75, 3.05) is 0 Å². The van der Waals surface area contributed by atoms with E-state index in [1.165, 1.54) is 0 Å². The summed E-state index contributed by atoms with van der Waals surface area (Å²) < 4.78 is 0. The maximum Gasteiger partial charge on any atom is 0.230 e. The highest BCUT2D eigenvalue weighted by atomic mass is 35.5. The van der Waals surface area contributed by atoms with Gasteiger partial charge in [-0.05, 0) is 42.2 Å². The summed E-state index contributed by atoms with van der Waals surface area (Å²) in [5.41, 5.74) is 1.70. The number of hydrogen-bond donors (Lipinski definition) is 1. The molecule has 0 saturated heterocycles. The van der Waals surface area contributed by atoms with Gasteiger partial charge in [-0.15, -0.1) is 0 Å². The highest BCUT2D eigenvalue weighted by molar-refractivity contribution is 6.30. The number of amides is 1. The quantitative estimate of drug-likeness (QED) is 0.938. The van der Waals surface area contributed by atoms with Crippen molar-refractivity contribution in [2.45, 2.75) is 24.8 Å². The molecule has 1 aliphatic carbocycles. The lowest BCUT2D eigenvalue weighted by atomic mass is 9.95. The smallest absolute Gasteiger partial charge is 0.230 e. The van der Waals surface area contributed by atoms with E-state index in [2.05, 4.69) is 10.3 Å². The SMILES string of the molecule is O=C(NCc1cccnc1)C1(c2ccc(Cl)cc2)CC1. The molecular weight excluding hydrogens is 272 g/mol. The van der Waals surface area contributed by atoms with Crippen LogP contribution in [0.25, 0.3) is 0 Å². The Balaban J connectivity index is 1.69. The molecule has 4 heteroatoms. The number of carbonyl (C=O) groups excluding carboxylic acids is 1. The molecule has 102 valence electrons. The third kappa shape index (κ3) is 2.54. The van der Waals surface area contributed by atoms with E-state index in [1.54, 1.807) is 12.4 Å². The van der Waals surface area contributed by atoms with Crippen molar-refractivity contribution in [1.82, 2.24) is 10.3 Å². The van der Waals surface area contributed by atoms with Crippen molar-refractivity contribution in [3.8, 4) is 0 Å². The Morgan fingerprint density at radius 1 is 1.25 bits per heavy atom. The average Bonchev–Trinajstić information content (AvgIpc) is 3.28. The highest BCUT2D eigenvalue weighted by Gasteiger charge is 2.50. The second-order valence-electron chi connectivity index (χ2n) is 5.13. The van der Waals surface area contributed by atoms with E-state index < -0.39 is 0 Å². The van der Waals surface area contributed by atoms with Crippen LogP contribution < -0.4 is 5.32 Å². The zero-order valence-electron chi connectivity index (χ0n) is 11.0. The summed E-state index contributed by atoms with van der Waals surface area (Å²) in [5.74, 6) is 0.0867. The molecule has 2 aromatic rings. The van der Waals surface area contributed by atoms with E-state index >= 15 is 0 Å². The Morgan fingerprint density at radius 2 is 2.00 bits per heavy atom. The van der Waals surface area contributed by atoms with Gasteiger partial charge in [0.05, 0.1) is 5.41 Å². The van der Waals surface area contributed by atoms with Gasteiger partial charge in [0.2, 0.25) is 5.91 Å². The first kappa shape index (κ1) is 13.1. The Labute approximate surface area is 123 Å². The van der Waals surface area contributed by atoms with Crippen LogP contribution in [0.5, 0.6) is 0 Å². The molecule has 0 aliphatic heterocycles. The molecule has 1 amide bonds. The van der Waals surface area contributed by atoms with Crippen LogP contribution in [0.1, 0.15) is 24.0 Å². The van der Waals surface area contributed by atoms with Crippen molar-refractivity contribution < 1.29 is 4.79 Å². The second-order valence-corrected chi connectivity index (χ2v) is 5.57. The number of rotatable bonds is 4. The van der Waals surface area contributed by atoms with E-state index in [1.807, 2.05) is 36.4 Å². The minimum Gasteiger partial charge on any atom is -0.351 e. The maximum absolute atomic E-state index is 12.4. The molecule has 1 aromatic heterocycles. The maximum atomic E-state index is 12.4. The highest BCUT2D eigenvalue weighted by Crippen LogP contribution is 2.48. The van der Waals surface area contributed by atoms with Gasteiger partial charge in [-0.2, -0.15) is 0 Å². The molecule has 1 fully saturated rings. The molecule has 0 radical (unpaired) electrons. The van der Waals surface area contributed by atoms with Crippen LogP contribution in [0.2, 0.25) is 5.02 Å². The normalized spacial score (nSPS) is 15.7. The van der Waals surface area contributed by atoms with Crippen LogP contribution in [0.4, 0.5) is 0 Å². The zero-order valence-corrected chi connectivity index (χ0v) is 11.7. The first-order valence-electron chi connectivity index (χ1n) is 6.64. The monoisotopic (exact) mass is 286 g/mol. The summed E-state index contributed by atoms with van der Waals surface area (Å²) in [6, 6.07) is 11.4.